The molecule has 0 saturated carbocycles. The zero-order valence-electron chi connectivity index (χ0n) is 9.24. The van der Waals surface area contributed by atoms with E-state index in [9.17, 15) is 0 Å². The van der Waals surface area contributed by atoms with Gasteiger partial charge in [-0.15, -0.1) is 11.3 Å². The molecule has 18 heavy (non-hydrogen) atoms. The molecule has 0 unspecified atom stereocenters. The number of aromatic nitrogens is 2. The van der Waals surface area contributed by atoms with E-state index >= 15 is 0 Å². The van der Waals surface area contributed by atoms with Gasteiger partial charge in [-0.3, -0.25) is 0 Å². The minimum atomic E-state index is 0.496. The lowest BCUT2D eigenvalue weighted by Gasteiger charge is -2.17. The Kier molecular flexibility index (Phi) is 3.27. The molecule has 2 aromatic rings. The summed E-state index contributed by atoms with van der Waals surface area (Å²) in [5.74, 6) is 1.13. The van der Waals surface area contributed by atoms with Gasteiger partial charge in [-0.1, -0.05) is 11.6 Å². The first-order chi connectivity index (χ1) is 8.65. The number of nitrogen functional groups attached to an aromatic ring is 1. The van der Waals surface area contributed by atoms with Crippen molar-refractivity contribution in [3.8, 4) is 10.7 Å². The molecule has 0 amide bonds. The number of nitrogens with zero attached hydrogens (tertiary/aromatic N) is 2. The summed E-state index contributed by atoms with van der Waals surface area (Å²) < 4.78 is 6.90. The Balaban J connectivity index is 2.10. The average Bonchev–Trinajstić information content (AvgIpc) is 2.70. The van der Waals surface area contributed by atoms with Crippen molar-refractivity contribution in [3.63, 3.8) is 0 Å². The maximum Gasteiger partial charge on any atom is 0.171 e. The van der Waals surface area contributed by atoms with Gasteiger partial charge in [0.15, 0.2) is 5.82 Å². The highest BCUT2D eigenvalue weighted by atomic mass is 79.9. The van der Waals surface area contributed by atoms with Gasteiger partial charge in [0.05, 0.1) is 23.8 Å². The molecule has 0 bridgehead atoms. The average molecular weight is 347 g/mol. The summed E-state index contributed by atoms with van der Waals surface area (Å²) in [5, 5.41) is 0. The summed E-state index contributed by atoms with van der Waals surface area (Å²) in [6.45, 7) is 1.17. The number of anilines is 1. The Hall–Kier alpha value is -0.690. The quantitative estimate of drug-likeness (QED) is 0.861. The second kappa shape index (κ2) is 4.77. The van der Waals surface area contributed by atoms with Crippen molar-refractivity contribution in [2.24, 2.45) is 0 Å². The lowest BCUT2D eigenvalue weighted by atomic mass is 10.1. The molecule has 0 saturated heterocycles. The van der Waals surface area contributed by atoms with Gasteiger partial charge < -0.3 is 10.5 Å². The van der Waals surface area contributed by atoms with Crippen molar-refractivity contribution in [1.29, 1.82) is 0 Å². The van der Waals surface area contributed by atoms with Gasteiger partial charge in [0.25, 0.3) is 0 Å². The molecule has 0 aliphatic carbocycles. The van der Waals surface area contributed by atoms with Gasteiger partial charge in [0.2, 0.25) is 0 Å². The van der Waals surface area contributed by atoms with E-state index in [0.717, 1.165) is 27.0 Å². The van der Waals surface area contributed by atoms with Crippen molar-refractivity contribution < 1.29 is 4.74 Å². The van der Waals surface area contributed by atoms with Crippen molar-refractivity contribution in [2.45, 2.75) is 13.0 Å². The molecule has 7 heteroatoms. The minimum Gasteiger partial charge on any atom is -0.383 e. The Bertz CT molecular complexity index is 597. The van der Waals surface area contributed by atoms with Crippen LogP contribution >= 0.6 is 38.9 Å². The Morgan fingerprint density at radius 3 is 3.00 bits per heavy atom. The molecule has 1 aliphatic heterocycles. The van der Waals surface area contributed by atoms with Crippen molar-refractivity contribution in [3.05, 3.63) is 26.1 Å². The number of rotatable bonds is 1. The maximum absolute atomic E-state index is 6.03. The third-order valence-electron chi connectivity index (χ3n) is 2.72. The summed E-state index contributed by atoms with van der Waals surface area (Å²) >= 11 is 10.8. The Labute approximate surface area is 121 Å². The molecule has 2 aromatic heterocycles. The number of hydrogen-bond donors (Lipinski definition) is 1. The molecule has 0 spiro atoms. The van der Waals surface area contributed by atoms with E-state index in [2.05, 4.69) is 25.9 Å². The molecular weight excluding hydrogens is 338 g/mol. The predicted octanol–water partition coefficient (Wildman–Crippen LogP) is 3.28. The van der Waals surface area contributed by atoms with Gasteiger partial charge in [0.1, 0.15) is 10.2 Å². The topological polar surface area (TPSA) is 61.0 Å². The van der Waals surface area contributed by atoms with Gasteiger partial charge in [-0.2, -0.15) is 0 Å². The third kappa shape index (κ3) is 2.14. The first kappa shape index (κ1) is 12.3. The first-order valence-corrected chi connectivity index (χ1v) is 7.32. The molecule has 2 N–H and O–H groups in total. The summed E-state index contributed by atoms with van der Waals surface area (Å²) in [6.07, 6.45) is 0.773. The predicted molar refractivity (Wildman–Crippen MR) is 75.8 cm³/mol. The fourth-order valence-corrected chi connectivity index (χ4v) is 3.46. The van der Waals surface area contributed by atoms with Crippen LogP contribution in [0.15, 0.2) is 10.5 Å². The summed E-state index contributed by atoms with van der Waals surface area (Å²) in [4.78, 5) is 9.80. The fourth-order valence-electron chi connectivity index (χ4n) is 1.82. The molecule has 0 fully saturated rings. The molecule has 94 valence electrons. The molecule has 0 radical (unpaired) electrons. The van der Waals surface area contributed by atoms with Crippen molar-refractivity contribution >= 4 is 44.7 Å². The third-order valence-corrected chi connectivity index (χ3v) is 5.19. The lowest BCUT2D eigenvalue weighted by Crippen LogP contribution is -2.15. The first-order valence-electron chi connectivity index (χ1n) is 5.33. The van der Waals surface area contributed by atoms with Crippen LogP contribution in [-0.4, -0.2) is 16.6 Å². The second-order valence-corrected chi connectivity index (χ2v) is 6.40. The van der Waals surface area contributed by atoms with Crippen LogP contribution in [0.4, 0.5) is 5.82 Å². The van der Waals surface area contributed by atoms with Crippen LogP contribution in [0.1, 0.15) is 11.3 Å². The van der Waals surface area contributed by atoms with E-state index in [4.69, 9.17) is 22.1 Å². The highest BCUT2D eigenvalue weighted by Crippen LogP contribution is 2.37. The van der Waals surface area contributed by atoms with Gasteiger partial charge in [0, 0.05) is 16.5 Å². The van der Waals surface area contributed by atoms with Gasteiger partial charge in [-0.05, 0) is 22.0 Å². The van der Waals surface area contributed by atoms with E-state index in [0.29, 0.717) is 29.2 Å². The van der Waals surface area contributed by atoms with Crippen LogP contribution in [0.2, 0.25) is 4.34 Å². The van der Waals surface area contributed by atoms with Crippen LogP contribution in [0.25, 0.3) is 10.7 Å². The number of fused-ring (bicyclic) bond motifs is 1. The monoisotopic (exact) mass is 345 g/mol. The number of ether oxygens (including phenoxy) is 1. The molecular formula is C11H9BrClN3OS. The molecule has 3 rings (SSSR count). The maximum atomic E-state index is 6.03. The SMILES string of the molecule is Nc1nc(-c2cc(Br)c(Cl)s2)nc2c1COCC2. The highest BCUT2D eigenvalue weighted by molar-refractivity contribution is 9.10. The van der Waals surface area contributed by atoms with Crippen LogP contribution in [0, 0.1) is 0 Å². The van der Waals surface area contributed by atoms with Crippen LogP contribution in [0.5, 0.6) is 0 Å². The zero-order chi connectivity index (χ0) is 12.7. The minimum absolute atomic E-state index is 0.496. The van der Waals surface area contributed by atoms with E-state index in [-0.39, 0.29) is 0 Å². The van der Waals surface area contributed by atoms with Crippen LogP contribution < -0.4 is 5.73 Å². The summed E-state index contributed by atoms with van der Waals surface area (Å²) in [5.41, 5.74) is 7.84. The highest BCUT2D eigenvalue weighted by Gasteiger charge is 2.18. The number of halogens is 2. The molecule has 0 aromatic carbocycles. The number of thiophene rings is 1. The zero-order valence-corrected chi connectivity index (χ0v) is 12.4. The summed E-state index contributed by atoms with van der Waals surface area (Å²) in [7, 11) is 0. The molecule has 3 heterocycles. The number of hydrogen-bond acceptors (Lipinski definition) is 5. The smallest absolute Gasteiger partial charge is 0.171 e. The van der Waals surface area contributed by atoms with Crippen molar-refractivity contribution in [1.82, 2.24) is 9.97 Å². The van der Waals surface area contributed by atoms with Crippen LogP contribution in [0.3, 0.4) is 0 Å². The van der Waals surface area contributed by atoms with E-state index in [1.165, 1.54) is 11.3 Å². The fraction of sp³-hybridized carbons (Fsp3) is 0.273. The van der Waals surface area contributed by atoms with E-state index in [1.54, 1.807) is 0 Å². The lowest BCUT2D eigenvalue weighted by molar-refractivity contribution is 0.109. The molecule has 0 atom stereocenters. The molecule has 1 aliphatic rings. The van der Waals surface area contributed by atoms with Crippen LogP contribution in [-0.2, 0) is 17.8 Å². The Morgan fingerprint density at radius 1 is 1.44 bits per heavy atom. The van der Waals surface area contributed by atoms with E-state index < -0.39 is 0 Å². The van der Waals surface area contributed by atoms with Crippen molar-refractivity contribution in [2.75, 3.05) is 12.3 Å². The van der Waals surface area contributed by atoms with Gasteiger partial charge >= 0.3 is 0 Å². The largest absolute Gasteiger partial charge is 0.383 e. The second-order valence-electron chi connectivity index (χ2n) is 3.89. The number of nitrogens with two attached hydrogens (primary N) is 1. The normalized spacial score (nSPS) is 14.6. The standard InChI is InChI=1S/C11H9BrClN3OS/c12-6-3-8(18-9(6)13)11-15-7-1-2-17-4-5(7)10(14)16-11/h3H,1-2,4H2,(H2,14,15,16). The summed E-state index contributed by atoms with van der Waals surface area (Å²) in [6, 6.07) is 1.91. The van der Waals surface area contributed by atoms with Gasteiger partial charge in [-0.25, -0.2) is 9.97 Å². The Morgan fingerprint density at radius 2 is 2.28 bits per heavy atom. The van der Waals surface area contributed by atoms with E-state index in [1.807, 2.05) is 6.07 Å². The molecule has 4 nitrogen and oxygen atoms in total.